The summed E-state index contributed by atoms with van der Waals surface area (Å²) in [6.07, 6.45) is 0. The predicted molar refractivity (Wildman–Crippen MR) is 100 cm³/mol. The SMILES string of the molecule is CC(C)(C)C(=O)CN1CCN=C(c2ccccc2)c2ccccc21. The molecule has 0 atom stereocenters. The van der Waals surface area contributed by atoms with E-state index in [0.29, 0.717) is 13.1 Å². The van der Waals surface area contributed by atoms with E-state index in [1.54, 1.807) is 0 Å². The molecule has 0 radical (unpaired) electrons. The van der Waals surface area contributed by atoms with Gasteiger partial charge in [0.15, 0.2) is 5.78 Å². The number of fused-ring (bicyclic) bond motifs is 1. The van der Waals surface area contributed by atoms with E-state index in [-0.39, 0.29) is 11.2 Å². The van der Waals surface area contributed by atoms with E-state index in [2.05, 4.69) is 29.2 Å². The number of hydrogen-bond donors (Lipinski definition) is 0. The zero-order chi connectivity index (χ0) is 17.2. The molecule has 0 spiro atoms. The lowest BCUT2D eigenvalue weighted by Gasteiger charge is -2.27. The van der Waals surface area contributed by atoms with E-state index in [1.165, 1.54) is 0 Å². The highest BCUT2D eigenvalue weighted by molar-refractivity contribution is 6.16. The number of rotatable bonds is 3. The van der Waals surface area contributed by atoms with Crippen LogP contribution in [-0.4, -0.2) is 31.1 Å². The van der Waals surface area contributed by atoms with Gasteiger partial charge in [-0.1, -0.05) is 69.3 Å². The number of para-hydroxylation sites is 1. The summed E-state index contributed by atoms with van der Waals surface area (Å²) in [7, 11) is 0. The van der Waals surface area contributed by atoms with Crippen LogP contribution in [0.2, 0.25) is 0 Å². The van der Waals surface area contributed by atoms with Gasteiger partial charge in [-0.2, -0.15) is 0 Å². The third-order valence-electron chi connectivity index (χ3n) is 4.36. The summed E-state index contributed by atoms with van der Waals surface area (Å²) in [4.78, 5) is 19.5. The molecule has 2 aromatic rings. The lowest BCUT2D eigenvalue weighted by Crippen LogP contribution is -2.37. The minimum atomic E-state index is -0.329. The number of hydrogen-bond acceptors (Lipinski definition) is 3. The molecule has 0 N–H and O–H groups in total. The average Bonchev–Trinajstić information content (AvgIpc) is 2.75. The smallest absolute Gasteiger partial charge is 0.157 e. The minimum Gasteiger partial charge on any atom is -0.362 e. The Labute approximate surface area is 144 Å². The van der Waals surface area contributed by atoms with Crippen LogP contribution in [0.25, 0.3) is 0 Å². The third kappa shape index (κ3) is 3.40. The molecule has 1 heterocycles. The molecule has 0 unspecified atom stereocenters. The van der Waals surface area contributed by atoms with E-state index in [9.17, 15) is 4.79 Å². The van der Waals surface area contributed by atoms with Gasteiger partial charge in [-0.15, -0.1) is 0 Å². The Morgan fingerprint density at radius 3 is 2.42 bits per heavy atom. The van der Waals surface area contributed by atoms with Crippen molar-refractivity contribution in [2.75, 3.05) is 24.5 Å². The summed E-state index contributed by atoms with van der Waals surface area (Å²) in [5, 5.41) is 0. The number of aliphatic imine (C=N–C) groups is 1. The van der Waals surface area contributed by atoms with E-state index in [4.69, 9.17) is 4.99 Å². The molecule has 24 heavy (non-hydrogen) atoms. The molecule has 0 fully saturated rings. The van der Waals surface area contributed by atoms with Gasteiger partial charge in [0.1, 0.15) is 0 Å². The van der Waals surface area contributed by atoms with Gasteiger partial charge in [0.25, 0.3) is 0 Å². The fourth-order valence-corrected chi connectivity index (χ4v) is 2.86. The van der Waals surface area contributed by atoms with Gasteiger partial charge in [-0.05, 0) is 6.07 Å². The molecule has 0 amide bonds. The number of nitrogens with zero attached hydrogens (tertiary/aromatic N) is 2. The first-order chi connectivity index (χ1) is 11.5. The van der Waals surface area contributed by atoms with E-state index in [0.717, 1.165) is 29.1 Å². The van der Waals surface area contributed by atoms with Crippen LogP contribution in [0.3, 0.4) is 0 Å². The average molecular weight is 320 g/mol. The maximum absolute atomic E-state index is 12.5. The Bertz CT molecular complexity index is 757. The molecular weight excluding hydrogens is 296 g/mol. The molecule has 124 valence electrons. The summed E-state index contributed by atoms with van der Waals surface area (Å²) in [6, 6.07) is 18.5. The molecule has 0 aliphatic carbocycles. The maximum atomic E-state index is 12.5. The molecule has 3 heteroatoms. The molecule has 3 rings (SSSR count). The molecule has 0 bridgehead atoms. The molecule has 2 aromatic carbocycles. The molecule has 0 saturated carbocycles. The topological polar surface area (TPSA) is 32.7 Å². The first-order valence-corrected chi connectivity index (χ1v) is 8.44. The van der Waals surface area contributed by atoms with Crippen LogP contribution >= 0.6 is 0 Å². The number of carbonyl (C=O) groups excluding carboxylic acids is 1. The number of anilines is 1. The first-order valence-electron chi connectivity index (χ1n) is 8.44. The largest absolute Gasteiger partial charge is 0.362 e. The van der Waals surface area contributed by atoms with Crippen LogP contribution in [0.5, 0.6) is 0 Å². The molecule has 1 aliphatic heterocycles. The van der Waals surface area contributed by atoms with Crippen molar-refractivity contribution in [1.82, 2.24) is 0 Å². The quantitative estimate of drug-likeness (QED) is 0.857. The number of carbonyl (C=O) groups is 1. The van der Waals surface area contributed by atoms with Crippen molar-refractivity contribution < 1.29 is 4.79 Å². The van der Waals surface area contributed by atoms with Crippen molar-refractivity contribution in [3.8, 4) is 0 Å². The molecule has 0 aromatic heterocycles. The summed E-state index contributed by atoms with van der Waals surface area (Å²) in [5.74, 6) is 0.250. The zero-order valence-corrected chi connectivity index (χ0v) is 14.6. The lowest BCUT2D eigenvalue weighted by atomic mass is 9.90. The van der Waals surface area contributed by atoms with Crippen LogP contribution in [0.15, 0.2) is 59.6 Å². The third-order valence-corrected chi connectivity index (χ3v) is 4.36. The normalized spacial score (nSPS) is 14.6. The van der Waals surface area contributed by atoms with Crippen molar-refractivity contribution in [2.24, 2.45) is 10.4 Å². The molecule has 1 aliphatic rings. The van der Waals surface area contributed by atoms with E-state index < -0.39 is 0 Å². The highest BCUT2D eigenvalue weighted by Crippen LogP contribution is 2.27. The second kappa shape index (κ2) is 6.60. The zero-order valence-electron chi connectivity index (χ0n) is 14.6. The van der Waals surface area contributed by atoms with Gasteiger partial charge >= 0.3 is 0 Å². The highest BCUT2D eigenvalue weighted by atomic mass is 16.1. The van der Waals surface area contributed by atoms with Gasteiger partial charge < -0.3 is 4.90 Å². The van der Waals surface area contributed by atoms with Crippen LogP contribution in [-0.2, 0) is 4.79 Å². The number of ketones is 1. The van der Waals surface area contributed by atoms with Crippen LogP contribution in [0.4, 0.5) is 5.69 Å². The van der Waals surface area contributed by atoms with Crippen molar-refractivity contribution in [3.63, 3.8) is 0 Å². The Morgan fingerprint density at radius 2 is 1.71 bits per heavy atom. The summed E-state index contributed by atoms with van der Waals surface area (Å²) < 4.78 is 0. The standard InChI is InChI=1S/C21H24N2O/c1-21(2,3)19(24)15-23-14-13-22-20(16-9-5-4-6-10-16)17-11-7-8-12-18(17)23/h4-12H,13-15H2,1-3H3. The summed E-state index contributed by atoms with van der Waals surface area (Å²) in [5.41, 5.74) is 3.99. The number of benzene rings is 2. The van der Waals surface area contributed by atoms with Crippen molar-refractivity contribution in [1.29, 1.82) is 0 Å². The second-order valence-corrected chi connectivity index (χ2v) is 7.21. The fraction of sp³-hybridized carbons (Fsp3) is 0.333. The van der Waals surface area contributed by atoms with Crippen LogP contribution < -0.4 is 4.90 Å². The van der Waals surface area contributed by atoms with E-state index in [1.807, 2.05) is 51.1 Å². The van der Waals surface area contributed by atoms with Crippen LogP contribution in [0, 0.1) is 5.41 Å². The van der Waals surface area contributed by atoms with Gasteiger partial charge in [0.2, 0.25) is 0 Å². The predicted octanol–water partition coefficient (Wildman–Crippen LogP) is 3.96. The van der Waals surface area contributed by atoms with Gasteiger partial charge in [-0.3, -0.25) is 9.79 Å². The van der Waals surface area contributed by atoms with Gasteiger partial charge in [0, 0.05) is 28.8 Å². The molecular formula is C21H24N2O. The Kier molecular flexibility index (Phi) is 4.52. The molecule has 0 saturated heterocycles. The monoisotopic (exact) mass is 320 g/mol. The van der Waals surface area contributed by atoms with Crippen molar-refractivity contribution in [3.05, 3.63) is 65.7 Å². The van der Waals surface area contributed by atoms with Crippen LogP contribution in [0.1, 0.15) is 31.9 Å². The summed E-state index contributed by atoms with van der Waals surface area (Å²) in [6.45, 7) is 7.81. The van der Waals surface area contributed by atoms with E-state index >= 15 is 0 Å². The van der Waals surface area contributed by atoms with Gasteiger partial charge in [-0.25, -0.2) is 0 Å². The lowest BCUT2D eigenvalue weighted by molar-refractivity contribution is -0.124. The highest BCUT2D eigenvalue weighted by Gasteiger charge is 2.26. The Balaban J connectivity index is 1.98. The Morgan fingerprint density at radius 1 is 1.04 bits per heavy atom. The second-order valence-electron chi connectivity index (χ2n) is 7.21. The first kappa shape index (κ1) is 16.4. The van der Waals surface area contributed by atoms with Crippen molar-refractivity contribution in [2.45, 2.75) is 20.8 Å². The number of benzodiazepines with no additional fused rings is 1. The maximum Gasteiger partial charge on any atom is 0.157 e. The Hall–Kier alpha value is -2.42. The van der Waals surface area contributed by atoms with Gasteiger partial charge in [0.05, 0.1) is 18.8 Å². The minimum absolute atomic E-state index is 0.250. The van der Waals surface area contributed by atoms with Crippen molar-refractivity contribution >= 4 is 17.2 Å². The fourth-order valence-electron chi connectivity index (χ4n) is 2.86. The molecule has 3 nitrogen and oxygen atoms in total. The summed E-state index contributed by atoms with van der Waals surface area (Å²) >= 11 is 0. The number of Topliss-reactive ketones (excluding diaryl/α,β-unsaturated/α-hetero) is 1.